The van der Waals surface area contributed by atoms with Gasteiger partial charge in [0.05, 0.1) is 5.39 Å². The van der Waals surface area contributed by atoms with Gasteiger partial charge in [-0.25, -0.2) is 19.7 Å². The second-order valence-electron chi connectivity index (χ2n) is 7.90. The molecule has 1 aliphatic heterocycles. The van der Waals surface area contributed by atoms with E-state index in [0.717, 1.165) is 55.0 Å². The molecule has 0 aromatic carbocycles. The molecule has 0 spiro atoms. The van der Waals surface area contributed by atoms with Crippen LogP contribution in [-0.2, 0) is 6.42 Å². The number of aromatic nitrogens is 5. The molecule has 152 valence electrons. The van der Waals surface area contributed by atoms with Gasteiger partial charge in [0, 0.05) is 50.3 Å². The topological polar surface area (TPSA) is 103 Å². The maximum absolute atomic E-state index is 12.6. The lowest BCUT2D eigenvalue weighted by atomic mass is 10.0. The number of hydrogen-bond acceptors (Lipinski definition) is 7. The third kappa shape index (κ3) is 3.31. The zero-order valence-electron chi connectivity index (χ0n) is 16.5. The van der Waals surface area contributed by atoms with E-state index in [-0.39, 0.29) is 6.03 Å². The molecule has 4 heterocycles. The predicted molar refractivity (Wildman–Crippen MR) is 112 cm³/mol. The van der Waals surface area contributed by atoms with Crippen LogP contribution in [0.2, 0.25) is 0 Å². The lowest BCUT2D eigenvalue weighted by molar-refractivity contribution is 0.218. The summed E-state index contributed by atoms with van der Waals surface area (Å²) in [6.07, 6.45) is 6.43. The number of nitrogens with one attached hydrogen (secondary N) is 2. The number of aromatic amines is 1. The third-order valence-corrected chi connectivity index (χ3v) is 6.89. The van der Waals surface area contributed by atoms with Gasteiger partial charge in [-0.05, 0) is 30.7 Å². The Morgan fingerprint density at radius 1 is 1.34 bits per heavy atom. The summed E-state index contributed by atoms with van der Waals surface area (Å²) in [7, 11) is 2.12. The van der Waals surface area contributed by atoms with Crippen LogP contribution in [0.15, 0.2) is 18.6 Å². The molecule has 29 heavy (non-hydrogen) atoms. The van der Waals surface area contributed by atoms with E-state index >= 15 is 0 Å². The normalized spacial score (nSPS) is 23.5. The molecule has 2 N–H and O–H groups in total. The van der Waals surface area contributed by atoms with Gasteiger partial charge in [0.1, 0.15) is 23.6 Å². The van der Waals surface area contributed by atoms with Crippen molar-refractivity contribution < 1.29 is 4.79 Å². The molecule has 1 aliphatic carbocycles. The highest BCUT2D eigenvalue weighted by Crippen LogP contribution is 2.41. The smallest absolute Gasteiger partial charge is 0.323 e. The lowest BCUT2D eigenvalue weighted by Gasteiger charge is -2.27. The summed E-state index contributed by atoms with van der Waals surface area (Å²) < 4.78 is 4.23. The first-order valence-electron chi connectivity index (χ1n) is 10.0. The molecule has 2 aliphatic rings. The van der Waals surface area contributed by atoms with Crippen molar-refractivity contribution in [2.45, 2.75) is 32.2 Å². The maximum atomic E-state index is 12.6. The van der Waals surface area contributed by atoms with Crippen LogP contribution in [0, 0.1) is 11.8 Å². The largest absolute Gasteiger partial charge is 0.356 e. The monoisotopic (exact) mass is 412 g/mol. The van der Waals surface area contributed by atoms with Gasteiger partial charge in [-0.2, -0.15) is 4.37 Å². The SMILES string of the molecule is CCc1nsc(NC(=O)N2C[C@H]3C[C@@H](N(C)c4ncnc5[nH]ccc45)C[C@H]3C2)n1. The quantitative estimate of drug-likeness (QED) is 0.683. The molecule has 2 amide bonds. The highest BCUT2D eigenvalue weighted by Gasteiger charge is 2.44. The van der Waals surface area contributed by atoms with Crippen LogP contribution in [0.25, 0.3) is 11.0 Å². The van der Waals surface area contributed by atoms with Gasteiger partial charge in [0.25, 0.3) is 0 Å². The zero-order valence-corrected chi connectivity index (χ0v) is 17.3. The number of anilines is 2. The van der Waals surface area contributed by atoms with Crippen molar-refractivity contribution >= 4 is 39.5 Å². The second-order valence-corrected chi connectivity index (χ2v) is 8.65. The summed E-state index contributed by atoms with van der Waals surface area (Å²) in [5.41, 5.74) is 0.866. The summed E-state index contributed by atoms with van der Waals surface area (Å²) in [5.74, 6) is 2.80. The van der Waals surface area contributed by atoms with Crippen molar-refractivity contribution in [1.82, 2.24) is 29.2 Å². The average Bonchev–Trinajstić information content (AvgIpc) is 3.48. The van der Waals surface area contributed by atoms with Gasteiger partial charge < -0.3 is 14.8 Å². The number of carbonyl (C=O) groups is 1. The van der Waals surface area contributed by atoms with Crippen molar-refractivity contribution in [3.05, 3.63) is 24.4 Å². The summed E-state index contributed by atoms with van der Waals surface area (Å²) in [5, 5.41) is 4.54. The van der Waals surface area contributed by atoms with E-state index in [0.29, 0.717) is 23.0 Å². The molecular weight excluding hydrogens is 388 g/mol. The fraction of sp³-hybridized carbons (Fsp3) is 0.526. The highest BCUT2D eigenvalue weighted by molar-refractivity contribution is 7.09. The van der Waals surface area contributed by atoms with E-state index in [4.69, 9.17) is 0 Å². The number of H-pyrrole nitrogens is 1. The molecule has 3 aromatic heterocycles. The molecule has 3 atom stereocenters. The first kappa shape index (κ1) is 18.3. The fourth-order valence-corrected chi connectivity index (χ4v) is 5.32. The summed E-state index contributed by atoms with van der Waals surface area (Å²) in [6, 6.07) is 2.40. The third-order valence-electron chi connectivity index (χ3n) is 6.23. The van der Waals surface area contributed by atoms with Crippen molar-refractivity contribution in [2.24, 2.45) is 11.8 Å². The van der Waals surface area contributed by atoms with E-state index in [1.807, 2.05) is 24.1 Å². The molecule has 10 heteroatoms. The number of fused-ring (bicyclic) bond motifs is 2. The van der Waals surface area contributed by atoms with Crippen LogP contribution >= 0.6 is 11.5 Å². The number of carbonyl (C=O) groups excluding carboxylic acids is 1. The molecular formula is C19H24N8OS. The van der Waals surface area contributed by atoms with E-state index < -0.39 is 0 Å². The molecule has 1 saturated heterocycles. The van der Waals surface area contributed by atoms with Crippen molar-refractivity contribution in [2.75, 3.05) is 30.4 Å². The minimum Gasteiger partial charge on any atom is -0.356 e. The molecule has 0 bridgehead atoms. The zero-order chi connectivity index (χ0) is 20.0. The first-order valence-corrected chi connectivity index (χ1v) is 10.8. The van der Waals surface area contributed by atoms with Gasteiger partial charge in [0.2, 0.25) is 5.13 Å². The number of rotatable bonds is 4. The Balaban J connectivity index is 1.21. The van der Waals surface area contributed by atoms with Crippen LogP contribution in [-0.4, -0.2) is 61.4 Å². The number of likely N-dealkylation sites (tertiary alicyclic amines) is 1. The Bertz CT molecular complexity index is 1020. The number of aryl methyl sites for hydroxylation is 1. The Labute approximate surface area is 172 Å². The van der Waals surface area contributed by atoms with Gasteiger partial charge in [-0.1, -0.05) is 6.92 Å². The van der Waals surface area contributed by atoms with Gasteiger partial charge >= 0.3 is 6.03 Å². The Kier molecular flexibility index (Phi) is 4.57. The van der Waals surface area contributed by atoms with Gasteiger partial charge in [-0.15, -0.1) is 0 Å². The van der Waals surface area contributed by atoms with Crippen LogP contribution in [0.5, 0.6) is 0 Å². The first-order chi connectivity index (χ1) is 14.1. The second kappa shape index (κ2) is 7.25. The Hall–Kier alpha value is -2.75. The average molecular weight is 413 g/mol. The fourth-order valence-electron chi connectivity index (χ4n) is 4.68. The van der Waals surface area contributed by atoms with Crippen LogP contribution < -0.4 is 10.2 Å². The summed E-state index contributed by atoms with van der Waals surface area (Å²) in [6.45, 7) is 3.60. The van der Waals surface area contributed by atoms with Crippen molar-refractivity contribution in [1.29, 1.82) is 0 Å². The van der Waals surface area contributed by atoms with Crippen molar-refractivity contribution in [3.8, 4) is 0 Å². The standard InChI is InChI=1S/C19H24N8OS/c1-3-15-23-18(29-25-15)24-19(28)27-8-11-6-13(7-12(11)9-27)26(2)17-14-4-5-20-16(14)21-10-22-17/h4-5,10-13H,3,6-9H2,1-2H3,(H,20,21,22)(H,23,24,25,28)/t11-,12+,13-. The summed E-state index contributed by atoms with van der Waals surface area (Å²) >= 11 is 1.25. The molecule has 0 unspecified atom stereocenters. The van der Waals surface area contributed by atoms with E-state index in [9.17, 15) is 4.79 Å². The summed E-state index contributed by atoms with van der Waals surface area (Å²) in [4.78, 5) is 33.1. The Morgan fingerprint density at radius 2 is 2.14 bits per heavy atom. The molecule has 2 fully saturated rings. The van der Waals surface area contributed by atoms with E-state index in [1.54, 1.807) is 6.33 Å². The Morgan fingerprint density at radius 3 is 2.86 bits per heavy atom. The van der Waals surface area contributed by atoms with Gasteiger partial charge in [-0.3, -0.25) is 5.32 Å². The van der Waals surface area contributed by atoms with Gasteiger partial charge in [0.15, 0.2) is 0 Å². The van der Waals surface area contributed by atoms with Crippen LogP contribution in [0.1, 0.15) is 25.6 Å². The number of amides is 2. The lowest BCUT2D eigenvalue weighted by Crippen LogP contribution is -2.36. The molecule has 9 nitrogen and oxygen atoms in total. The molecule has 0 radical (unpaired) electrons. The minimum atomic E-state index is -0.0621. The number of nitrogens with zero attached hydrogens (tertiary/aromatic N) is 6. The predicted octanol–water partition coefficient (Wildman–Crippen LogP) is 2.75. The maximum Gasteiger partial charge on any atom is 0.323 e. The van der Waals surface area contributed by atoms with E-state index in [1.165, 1.54) is 11.5 Å². The highest BCUT2D eigenvalue weighted by atomic mass is 32.1. The molecule has 1 saturated carbocycles. The van der Waals surface area contributed by atoms with Crippen molar-refractivity contribution in [3.63, 3.8) is 0 Å². The molecule has 3 aromatic rings. The van der Waals surface area contributed by atoms with Crippen LogP contribution in [0.3, 0.4) is 0 Å². The van der Waals surface area contributed by atoms with Crippen LogP contribution in [0.4, 0.5) is 15.7 Å². The van der Waals surface area contributed by atoms with E-state index in [2.05, 4.69) is 41.6 Å². The number of hydrogen-bond donors (Lipinski definition) is 2. The number of urea groups is 1. The molecule has 5 rings (SSSR count). The minimum absolute atomic E-state index is 0.0621.